The number of esters is 1. The lowest BCUT2D eigenvalue weighted by Gasteiger charge is -2.34. The largest absolute Gasteiger partial charge is 0.454 e. The first kappa shape index (κ1) is 13.5. The summed E-state index contributed by atoms with van der Waals surface area (Å²) in [7, 11) is 0. The Morgan fingerprint density at radius 1 is 1.20 bits per heavy atom. The average Bonchev–Trinajstić information content (AvgIpc) is 2.28. The standard InChI is InChI=1S/C11H18Br2O2/c12-8-4-7-11(10(14)15-9-13)5-2-1-3-6-11/h1-9H2. The highest BCUT2D eigenvalue weighted by molar-refractivity contribution is 9.09. The minimum atomic E-state index is -0.181. The fourth-order valence-electron chi connectivity index (χ4n) is 2.39. The molecule has 0 bridgehead atoms. The first-order valence-electron chi connectivity index (χ1n) is 5.54. The monoisotopic (exact) mass is 340 g/mol. The topological polar surface area (TPSA) is 26.3 Å². The Hall–Kier alpha value is 0.430. The number of alkyl halides is 2. The van der Waals surface area contributed by atoms with E-state index in [1.165, 1.54) is 19.3 Å². The van der Waals surface area contributed by atoms with Gasteiger partial charge in [-0.15, -0.1) is 0 Å². The number of carbonyl (C=O) groups excluding carboxylic acids is 1. The molecule has 0 amide bonds. The molecule has 0 radical (unpaired) electrons. The van der Waals surface area contributed by atoms with Gasteiger partial charge in [-0.25, -0.2) is 0 Å². The van der Waals surface area contributed by atoms with Crippen molar-refractivity contribution in [2.75, 3.05) is 10.8 Å². The second-order valence-electron chi connectivity index (χ2n) is 4.17. The maximum atomic E-state index is 12.0. The third kappa shape index (κ3) is 3.74. The third-order valence-corrected chi connectivity index (χ3v) is 4.01. The van der Waals surface area contributed by atoms with Crippen LogP contribution in [0.4, 0.5) is 0 Å². The highest BCUT2D eigenvalue weighted by Gasteiger charge is 2.40. The molecule has 1 aliphatic rings. The maximum absolute atomic E-state index is 12.0. The molecule has 0 saturated heterocycles. The van der Waals surface area contributed by atoms with E-state index >= 15 is 0 Å². The van der Waals surface area contributed by atoms with Crippen LogP contribution in [0, 0.1) is 5.41 Å². The van der Waals surface area contributed by atoms with E-state index in [4.69, 9.17) is 4.74 Å². The average molecular weight is 342 g/mol. The van der Waals surface area contributed by atoms with E-state index in [1.807, 2.05) is 0 Å². The fraction of sp³-hybridized carbons (Fsp3) is 0.909. The molecule has 0 N–H and O–H groups in total. The fourth-order valence-corrected chi connectivity index (χ4v) is 2.88. The maximum Gasteiger partial charge on any atom is 0.312 e. The van der Waals surface area contributed by atoms with E-state index in [-0.39, 0.29) is 11.4 Å². The SMILES string of the molecule is O=C(OCBr)C1(CCCBr)CCCCC1. The van der Waals surface area contributed by atoms with Crippen molar-refractivity contribution >= 4 is 37.8 Å². The van der Waals surface area contributed by atoms with E-state index < -0.39 is 0 Å². The summed E-state index contributed by atoms with van der Waals surface area (Å²) < 4.78 is 5.14. The van der Waals surface area contributed by atoms with Gasteiger partial charge in [-0.2, -0.15) is 0 Å². The Kier molecular flexibility index (Phi) is 6.20. The quantitative estimate of drug-likeness (QED) is 0.558. The summed E-state index contributed by atoms with van der Waals surface area (Å²) in [4.78, 5) is 12.0. The molecule has 88 valence electrons. The molecule has 0 spiro atoms. The van der Waals surface area contributed by atoms with Gasteiger partial charge in [-0.1, -0.05) is 35.2 Å². The summed E-state index contributed by atoms with van der Waals surface area (Å²) in [6, 6.07) is 0. The van der Waals surface area contributed by atoms with Crippen LogP contribution in [0.5, 0.6) is 0 Å². The van der Waals surface area contributed by atoms with Crippen molar-refractivity contribution in [2.24, 2.45) is 5.41 Å². The van der Waals surface area contributed by atoms with Crippen LogP contribution in [0.2, 0.25) is 0 Å². The predicted molar refractivity (Wildman–Crippen MR) is 68.4 cm³/mol. The van der Waals surface area contributed by atoms with Gasteiger partial charge in [0.15, 0.2) is 0 Å². The molecule has 1 saturated carbocycles. The van der Waals surface area contributed by atoms with Gasteiger partial charge >= 0.3 is 5.97 Å². The van der Waals surface area contributed by atoms with Crippen molar-refractivity contribution in [2.45, 2.75) is 44.9 Å². The second-order valence-corrected chi connectivity index (χ2v) is 5.43. The van der Waals surface area contributed by atoms with Gasteiger partial charge < -0.3 is 4.74 Å². The molecular weight excluding hydrogens is 324 g/mol. The zero-order valence-corrected chi connectivity index (χ0v) is 12.1. The van der Waals surface area contributed by atoms with E-state index in [0.29, 0.717) is 5.52 Å². The highest BCUT2D eigenvalue weighted by atomic mass is 79.9. The van der Waals surface area contributed by atoms with E-state index in [0.717, 1.165) is 31.0 Å². The van der Waals surface area contributed by atoms with Crippen molar-refractivity contribution in [1.29, 1.82) is 0 Å². The first-order chi connectivity index (χ1) is 7.25. The van der Waals surface area contributed by atoms with Crippen LogP contribution in [0.25, 0.3) is 0 Å². The zero-order valence-electron chi connectivity index (χ0n) is 8.94. The smallest absolute Gasteiger partial charge is 0.312 e. The van der Waals surface area contributed by atoms with Gasteiger partial charge in [0.2, 0.25) is 0 Å². The van der Waals surface area contributed by atoms with Gasteiger partial charge in [-0.3, -0.25) is 4.79 Å². The van der Waals surface area contributed by atoms with Crippen molar-refractivity contribution in [3.8, 4) is 0 Å². The Morgan fingerprint density at radius 2 is 1.87 bits per heavy atom. The number of carbonyl (C=O) groups is 1. The van der Waals surface area contributed by atoms with E-state index in [1.54, 1.807) is 0 Å². The molecular formula is C11H18Br2O2. The van der Waals surface area contributed by atoms with Gasteiger partial charge in [0.25, 0.3) is 0 Å². The summed E-state index contributed by atoms with van der Waals surface area (Å²) in [6.07, 6.45) is 7.62. The summed E-state index contributed by atoms with van der Waals surface area (Å²) in [5.41, 5.74) is 0.141. The van der Waals surface area contributed by atoms with Gasteiger partial charge in [0.1, 0.15) is 5.52 Å². The molecule has 0 aromatic heterocycles. The molecule has 0 unspecified atom stereocenters. The first-order valence-corrected chi connectivity index (χ1v) is 7.79. The molecule has 0 heterocycles. The van der Waals surface area contributed by atoms with Crippen molar-refractivity contribution in [1.82, 2.24) is 0 Å². The third-order valence-electron chi connectivity index (χ3n) is 3.22. The molecule has 1 fully saturated rings. The molecule has 0 atom stereocenters. The second kappa shape index (κ2) is 6.89. The Labute approximate surface area is 108 Å². The number of hydrogen-bond donors (Lipinski definition) is 0. The van der Waals surface area contributed by atoms with Crippen LogP contribution in [-0.4, -0.2) is 16.8 Å². The van der Waals surface area contributed by atoms with E-state index in [9.17, 15) is 4.79 Å². The summed E-state index contributed by atoms with van der Waals surface area (Å²) >= 11 is 6.58. The molecule has 2 nitrogen and oxygen atoms in total. The zero-order chi connectivity index (χ0) is 11.1. The van der Waals surface area contributed by atoms with Crippen LogP contribution in [0.15, 0.2) is 0 Å². The van der Waals surface area contributed by atoms with Crippen LogP contribution in [0.1, 0.15) is 44.9 Å². The predicted octanol–water partition coefficient (Wildman–Crippen LogP) is 4.01. The minimum absolute atomic E-state index is 0.0000231. The molecule has 0 aromatic carbocycles. The van der Waals surface area contributed by atoms with Crippen molar-refractivity contribution < 1.29 is 9.53 Å². The molecule has 1 aliphatic carbocycles. The van der Waals surface area contributed by atoms with Gasteiger partial charge in [0, 0.05) is 5.33 Å². The Balaban J connectivity index is 2.61. The molecule has 4 heteroatoms. The highest BCUT2D eigenvalue weighted by Crippen LogP contribution is 2.41. The summed E-state index contributed by atoms with van der Waals surface area (Å²) in [5.74, 6) is 0.0000231. The van der Waals surface area contributed by atoms with Gasteiger partial charge in [0.05, 0.1) is 5.41 Å². The lowest BCUT2D eigenvalue weighted by molar-refractivity contribution is -0.156. The van der Waals surface area contributed by atoms with Crippen LogP contribution < -0.4 is 0 Å². The Bertz CT molecular complexity index is 201. The van der Waals surface area contributed by atoms with Crippen LogP contribution >= 0.6 is 31.9 Å². The van der Waals surface area contributed by atoms with Crippen LogP contribution in [0.3, 0.4) is 0 Å². The Morgan fingerprint density at radius 3 is 2.40 bits per heavy atom. The van der Waals surface area contributed by atoms with Crippen LogP contribution in [-0.2, 0) is 9.53 Å². The van der Waals surface area contributed by atoms with Crippen molar-refractivity contribution in [3.63, 3.8) is 0 Å². The summed E-state index contributed by atoms with van der Waals surface area (Å²) in [5, 5.41) is 0.969. The number of halogens is 2. The minimum Gasteiger partial charge on any atom is -0.454 e. The summed E-state index contributed by atoms with van der Waals surface area (Å²) in [6.45, 7) is 0. The molecule has 0 aliphatic heterocycles. The van der Waals surface area contributed by atoms with Gasteiger partial charge in [-0.05, 0) is 41.6 Å². The molecule has 1 rings (SSSR count). The lowest BCUT2D eigenvalue weighted by atomic mass is 9.71. The normalized spacial score (nSPS) is 19.9. The number of ether oxygens (including phenoxy) is 1. The number of rotatable bonds is 5. The van der Waals surface area contributed by atoms with E-state index in [2.05, 4.69) is 31.9 Å². The molecule has 15 heavy (non-hydrogen) atoms. The lowest BCUT2D eigenvalue weighted by Crippen LogP contribution is -2.35. The molecule has 0 aromatic rings. The van der Waals surface area contributed by atoms with Crippen molar-refractivity contribution in [3.05, 3.63) is 0 Å². The number of hydrogen-bond acceptors (Lipinski definition) is 2.